The van der Waals surface area contributed by atoms with Crippen LogP contribution in [0.2, 0.25) is 0 Å². The molecule has 0 saturated heterocycles. The fraction of sp³-hybridized carbons (Fsp3) is 0.400. The van der Waals surface area contributed by atoms with Gasteiger partial charge < -0.3 is 9.84 Å². The van der Waals surface area contributed by atoms with Gasteiger partial charge in [0.2, 0.25) is 0 Å². The second kappa shape index (κ2) is 7.41. The molecule has 0 spiro atoms. The Balaban J connectivity index is 0. The summed E-state index contributed by atoms with van der Waals surface area (Å²) < 4.78 is 4.36. The molecule has 10 heavy (non-hydrogen) atoms. The van der Waals surface area contributed by atoms with E-state index in [0.29, 0.717) is 0 Å². The minimum absolute atomic E-state index is 0. The van der Waals surface area contributed by atoms with Crippen molar-refractivity contribution in [2.45, 2.75) is 6.92 Å². The smallest absolute Gasteiger partial charge is 0.877 e. The Labute approximate surface area is 86.3 Å². The summed E-state index contributed by atoms with van der Waals surface area (Å²) in [7, 11) is 0. The normalized spacial score (nSPS) is 10.0. The molecule has 0 radical (unpaired) electrons. The summed E-state index contributed by atoms with van der Waals surface area (Å²) in [5.74, 6) is -0.769. The van der Waals surface area contributed by atoms with E-state index >= 15 is 0 Å². The molecular weight excluding hydrogens is 166 g/mol. The SMILES string of the molecule is CCOC(=O)/C(Cl)=C\[O-].[Na+]. The van der Waals surface area contributed by atoms with Crippen molar-refractivity contribution in [3.63, 3.8) is 0 Å². The van der Waals surface area contributed by atoms with Crippen LogP contribution in [0.25, 0.3) is 0 Å². The molecule has 3 nitrogen and oxygen atoms in total. The Morgan fingerprint density at radius 2 is 2.30 bits per heavy atom. The number of carbonyl (C=O) groups is 1. The fourth-order valence-electron chi connectivity index (χ4n) is 0.248. The average molecular weight is 173 g/mol. The maximum Gasteiger partial charge on any atom is 1.00 e. The summed E-state index contributed by atoms with van der Waals surface area (Å²) in [5.41, 5.74) is 0. The Bertz CT molecular complexity index is 135. The van der Waals surface area contributed by atoms with Gasteiger partial charge in [-0.25, -0.2) is 4.79 Å². The Hall–Kier alpha value is 0.300. The first-order valence-electron chi connectivity index (χ1n) is 2.37. The van der Waals surface area contributed by atoms with Crippen LogP contribution in [0.5, 0.6) is 0 Å². The summed E-state index contributed by atoms with van der Waals surface area (Å²) in [4.78, 5) is 10.4. The molecule has 0 aliphatic carbocycles. The molecule has 0 amide bonds. The number of halogens is 1. The van der Waals surface area contributed by atoms with Crippen LogP contribution < -0.4 is 34.7 Å². The van der Waals surface area contributed by atoms with E-state index in [1.807, 2.05) is 0 Å². The van der Waals surface area contributed by atoms with E-state index in [4.69, 9.17) is 11.6 Å². The molecule has 5 heteroatoms. The molecule has 0 N–H and O–H groups in total. The standard InChI is InChI=1S/C5H7ClO3.Na/c1-2-9-5(8)4(6)3-7;/h3,7H,2H2,1H3;/q;+1/p-1/b4-3+;. The molecule has 0 rings (SSSR count). The predicted molar refractivity (Wildman–Crippen MR) is 30.6 cm³/mol. The number of carbonyl (C=O) groups excluding carboxylic acids is 1. The van der Waals surface area contributed by atoms with Crippen molar-refractivity contribution in [3.05, 3.63) is 11.3 Å². The summed E-state index contributed by atoms with van der Waals surface area (Å²) >= 11 is 5.07. The van der Waals surface area contributed by atoms with Gasteiger partial charge in [-0.15, -0.1) is 6.26 Å². The number of ether oxygens (including phenoxy) is 1. The third kappa shape index (κ3) is 5.11. The molecule has 0 unspecified atom stereocenters. The maximum atomic E-state index is 10.4. The van der Waals surface area contributed by atoms with Crippen molar-refractivity contribution >= 4 is 17.6 Å². The van der Waals surface area contributed by atoms with E-state index in [1.54, 1.807) is 6.92 Å². The molecular formula is C5H6ClNaO3. The van der Waals surface area contributed by atoms with Crippen molar-refractivity contribution < 1.29 is 44.2 Å². The van der Waals surface area contributed by atoms with E-state index < -0.39 is 11.0 Å². The summed E-state index contributed by atoms with van der Waals surface area (Å²) in [6, 6.07) is 0. The van der Waals surface area contributed by atoms with Crippen LogP contribution in [0.3, 0.4) is 0 Å². The zero-order valence-corrected chi connectivity index (χ0v) is 8.64. The van der Waals surface area contributed by atoms with Crippen LogP contribution in [0.1, 0.15) is 6.92 Å². The maximum absolute atomic E-state index is 10.4. The fourth-order valence-corrected chi connectivity index (χ4v) is 0.303. The molecule has 0 aliphatic heterocycles. The molecule has 0 aliphatic rings. The zero-order valence-electron chi connectivity index (χ0n) is 5.89. The van der Waals surface area contributed by atoms with Crippen molar-refractivity contribution in [1.82, 2.24) is 0 Å². The molecule has 0 heterocycles. The van der Waals surface area contributed by atoms with Gasteiger partial charge in [-0.1, -0.05) is 11.6 Å². The number of hydrogen-bond acceptors (Lipinski definition) is 3. The van der Waals surface area contributed by atoms with Gasteiger partial charge in [0, 0.05) is 0 Å². The Morgan fingerprint density at radius 1 is 1.80 bits per heavy atom. The molecule has 0 aromatic rings. The van der Waals surface area contributed by atoms with Gasteiger partial charge in [-0.2, -0.15) is 0 Å². The summed E-state index contributed by atoms with van der Waals surface area (Å²) in [6.45, 7) is 1.86. The quantitative estimate of drug-likeness (QED) is 0.193. The third-order valence-electron chi connectivity index (χ3n) is 0.574. The predicted octanol–water partition coefficient (Wildman–Crippen LogP) is -3.01. The second-order valence-corrected chi connectivity index (χ2v) is 1.59. The van der Waals surface area contributed by atoms with Crippen LogP contribution in [0, 0.1) is 0 Å². The number of hydrogen-bond donors (Lipinski definition) is 0. The van der Waals surface area contributed by atoms with Crippen molar-refractivity contribution in [2.24, 2.45) is 0 Å². The van der Waals surface area contributed by atoms with E-state index in [2.05, 4.69) is 4.74 Å². The van der Waals surface area contributed by atoms with E-state index in [-0.39, 0.29) is 42.4 Å². The van der Waals surface area contributed by atoms with E-state index in [0.717, 1.165) is 0 Å². The van der Waals surface area contributed by atoms with E-state index in [9.17, 15) is 9.90 Å². The number of esters is 1. The van der Waals surface area contributed by atoms with Crippen LogP contribution in [0.4, 0.5) is 0 Å². The van der Waals surface area contributed by atoms with Gasteiger partial charge in [0.1, 0.15) is 5.03 Å². The molecule has 0 atom stereocenters. The topological polar surface area (TPSA) is 49.4 Å². The molecule has 0 bridgehead atoms. The second-order valence-electron chi connectivity index (χ2n) is 1.19. The first kappa shape index (κ1) is 12.9. The van der Waals surface area contributed by atoms with Gasteiger partial charge in [0.05, 0.1) is 6.61 Å². The third-order valence-corrected chi connectivity index (χ3v) is 0.817. The minimum atomic E-state index is -0.769. The first-order valence-corrected chi connectivity index (χ1v) is 2.75. The zero-order chi connectivity index (χ0) is 7.28. The van der Waals surface area contributed by atoms with Crippen LogP contribution >= 0.6 is 11.6 Å². The Kier molecular flexibility index (Phi) is 9.58. The molecule has 0 aromatic heterocycles. The van der Waals surface area contributed by atoms with Gasteiger partial charge in [-0.05, 0) is 6.92 Å². The van der Waals surface area contributed by atoms with Crippen molar-refractivity contribution in [2.75, 3.05) is 6.61 Å². The van der Waals surface area contributed by atoms with Crippen molar-refractivity contribution in [1.29, 1.82) is 0 Å². The summed E-state index contributed by atoms with van der Waals surface area (Å²) in [6.07, 6.45) is 0.250. The van der Waals surface area contributed by atoms with Crippen LogP contribution in [-0.2, 0) is 9.53 Å². The van der Waals surface area contributed by atoms with Crippen LogP contribution in [-0.4, -0.2) is 12.6 Å². The van der Waals surface area contributed by atoms with Crippen LogP contribution in [0.15, 0.2) is 11.3 Å². The van der Waals surface area contributed by atoms with Gasteiger partial charge in [0.25, 0.3) is 0 Å². The molecule has 0 fully saturated rings. The monoisotopic (exact) mass is 172 g/mol. The minimum Gasteiger partial charge on any atom is -0.877 e. The summed E-state index contributed by atoms with van der Waals surface area (Å²) in [5, 5.41) is 9.33. The molecule has 52 valence electrons. The van der Waals surface area contributed by atoms with Gasteiger partial charge in [-0.3, -0.25) is 0 Å². The van der Waals surface area contributed by atoms with Gasteiger partial charge in [0.15, 0.2) is 0 Å². The molecule has 0 aromatic carbocycles. The first-order chi connectivity index (χ1) is 4.22. The van der Waals surface area contributed by atoms with Crippen molar-refractivity contribution in [3.8, 4) is 0 Å². The Morgan fingerprint density at radius 3 is 2.60 bits per heavy atom. The number of rotatable bonds is 2. The largest absolute Gasteiger partial charge is 1.00 e. The van der Waals surface area contributed by atoms with E-state index in [1.165, 1.54) is 0 Å². The average Bonchev–Trinajstić information content (AvgIpc) is 1.87. The molecule has 0 saturated carbocycles. The van der Waals surface area contributed by atoms with Gasteiger partial charge >= 0.3 is 35.5 Å².